The summed E-state index contributed by atoms with van der Waals surface area (Å²) in [6.45, 7) is 8.67. The minimum Gasteiger partial charge on any atom is -0.494 e. The van der Waals surface area contributed by atoms with E-state index in [2.05, 4.69) is 5.32 Å². The lowest BCUT2D eigenvalue weighted by Crippen LogP contribution is -2.36. The van der Waals surface area contributed by atoms with Gasteiger partial charge in [0.1, 0.15) is 11.5 Å². The Morgan fingerprint density at radius 1 is 1.12 bits per heavy atom. The molecule has 0 heterocycles. The molecule has 0 aliphatic carbocycles. The molecular formula is C20H25NO3. The van der Waals surface area contributed by atoms with Gasteiger partial charge in [-0.2, -0.15) is 0 Å². The van der Waals surface area contributed by atoms with Gasteiger partial charge in [-0.3, -0.25) is 4.79 Å². The van der Waals surface area contributed by atoms with Crippen LogP contribution in [0.15, 0.2) is 42.5 Å². The summed E-state index contributed by atoms with van der Waals surface area (Å²) in [6.07, 6.45) is -0.565. The molecule has 0 aromatic heterocycles. The van der Waals surface area contributed by atoms with Crippen molar-refractivity contribution in [2.24, 2.45) is 0 Å². The van der Waals surface area contributed by atoms with Crippen LogP contribution in [0.3, 0.4) is 0 Å². The number of rotatable bonds is 7. The maximum Gasteiger partial charge on any atom is 0.261 e. The largest absolute Gasteiger partial charge is 0.494 e. The van der Waals surface area contributed by atoms with Crippen LogP contribution in [0.25, 0.3) is 0 Å². The minimum atomic E-state index is -0.565. The molecule has 128 valence electrons. The zero-order valence-corrected chi connectivity index (χ0v) is 14.8. The van der Waals surface area contributed by atoms with Gasteiger partial charge in [-0.1, -0.05) is 30.3 Å². The first-order valence-electron chi connectivity index (χ1n) is 8.23. The number of hydrogen-bond acceptors (Lipinski definition) is 3. The fourth-order valence-electron chi connectivity index (χ4n) is 2.35. The lowest BCUT2D eigenvalue weighted by Gasteiger charge is -2.17. The van der Waals surface area contributed by atoms with Crippen molar-refractivity contribution in [2.75, 3.05) is 6.61 Å². The van der Waals surface area contributed by atoms with Gasteiger partial charge in [0.2, 0.25) is 0 Å². The van der Waals surface area contributed by atoms with Gasteiger partial charge in [-0.05, 0) is 51.0 Å². The van der Waals surface area contributed by atoms with Gasteiger partial charge in [0.25, 0.3) is 5.91 Å². The highest BCUT2D eigenvalue weighted by molar-refractivity contribution is 5.80. The molecular weight excluding hydrogens is 302 g/mol. The van der Waals surface area contributed by atoms with Gasteiger partial charge in [-0.15, -0.1) is 0 Å². The quantitative estimate of drug-likeness (QED) is 0.842. The molecule has 24 heavy (non-hydrogen) atoms. The third kappa shape index (κ3) is 4.75. The first-order chi connectivity index (χ1) is 11.5. The molecule has 2 aromatic rings. The number of para-hydroxylation sites is 1. The number of nitrogens with one attached hydrogen (secondary N) is 1. The van der Waals surface area contributed by atoms with Gasteiger partial charge >= 0.3 is 0 Å². The summed E-state index contributed by atoms with van der Waals surface area (Å²) in [6, 6.07) is 13.7. The van der Waals surface area contributed by atoms with E-state index in [0.29, 0.717) is 13.2 Å². The van der Waals surface area contributed by atoms with Crippen LogP contribution in [0.1, 0.15) is 30.5 Å². The van der Waals surface area contributed by atoms with Crippen LogP contribution >= 0.6 is 0 Å². The molecule has 1 atom stereocenters. The van der Waals surface area contributed by atoms with Crippen LogP contribution in [0.4, 0.5) is 0 Å². The van der Waals surface area contributed by atoms with Crippen molar-refractivity contribution in [1.29, 1.82) is 0 Å². The molecule has 2 rings (SSSR count). The normalized spacial score (nSPS) is 11.7. The van der Waals surface area contributed by atoms with E-state index < -0.39 is 6.10 Å². The summed E-state index contributed by atoms with van der Waals surface area (Å²) in [4.78, 5) is 12.3. The van der Waals surface area contributed by atoms with E-state index >= 15 is 0 Å². The average molecular weight is 327 g/mol. The van der Waals surface area contributed by atoms with Crippen molar-refractivity contribution in [2.45, 2.75) is 40.3 Å². The molecule has 0 unspecified atom stereocenters. The molecule has 0 radical (unpaired) electrons. The number of aryl methyl sites for hydroxylation is 2. The van der Waals surface area contributed by atoms with Crippen molar-refractivity contribution in [3.05, 3.63) is 59.2 Å². The van der Waals surface area contributed by atoms with Crippen LogP contribution in [0.2, 0.25) is 0 Å². The van der Waals surface area contributed by atoms with Crippen molar-refractivity contribution >= 4 is 5.91 Å². The van der Waals surface area contributed by atoms with E-state index in [9.17, 15) is 4.79 Å². The van der Waals surface area contributed by atoms with E-state index in [4.69, 9.17) is 9.47 Å². The number of benzene rings is 2. The summed E-state index contributed by atoms with van der Waals surface area (Å²) in [5, 5.41) is 2.91. The maximum atomic E-state index is 12.3. The fourth-order valence-corrected chi connectivity index (χ4v) is 2.35. The van der Waals surface area contributed by atoms with Gasteiger partial charge in [-0.25, -0.2) is 0 Å². The molecule has 1 amide bonds. The Hall–Kier alpha value is -2.49. The Labute approximate surface area is 143 Å². The molecule has 4 heteroatoms. The van der Waals surface area contributed by atoms with E-state index in [1.807, 2.05) is 63.2 Å². The third-order valence-electron chi connectivity index (χ3n) is 3.74. The molecule has 2 aromatic carbocycles. The maximum absolute atomic E-state index is 12.3. The predicted octanol–water partition coefficient (Wildman–Crippen LogP) is 3.79. The molecule has 0 spiro atoms. The zero-order chi connectivity index (χ0) is 17.5. The smallest absolute Gasteiger partial charge is 0.261 e. The standard InChI is InChI=1S/C20H25NO3/c1-5-23-18-9-7-6-8-17(18)13-21-20(22)16(4)24-19-12-14(2)10-11-15(19)3/h6-12,16H,5,13H2,1-4H3,(H,21,22)/t16-/m0/s1. The first-order valence-corrected chi connectivity index (χ1v) is 8.23. The van der Waals surface area contributed by atoms with E-state index in [1.54, 1.807) is 6.92 Å². The fraction of sp³-hybridized carbons (Fsp3) is 0.350. The molecule has 0 saturated carbocycles. The van der Waals surface area contributed by atoms with Crippen LogP contribution in [-0.4, -0.2) is 18.6 Å². The molecule has 0 fully saturated rings. The Kier molecular flexibility index (Phi) is 6.24. The molecule has 0 aliphatic heterocycles. The number of ether oxygens (including phenoxy) is 2. The third-order valence-corrected chi connectivity index (χ3v) is 3.74. The molecule has 0 bridgehead atoms. The highest BCUT2D eigenvalue weighted by atomic mass is 16.5. The average Bonchev–Trinajstić information content (AvgIpc) is 2.57. The van der Waals surface area contributed by atoms with Crippen LogP contribution in [0, 0.1) is 13.8 Å². The summed E-state index contributed by atoms with van der Waals surface area (Å²) in [5.74, 6) is 1.39. The number of carbonyl (C=O) groups excluding carboxylic acids is 1. The Balaban J connectivity index is 1.96. The van der Waals surface area contributed by atoms with E-state index in [0.717, 1.165) is 28.2 Å². The number of carbonyl (C=O) groups is 1. The van der Waals surface area contributed by atoms with Crippen molar-refractivity contribution < 1.29 is 14.3 Å². The molecule has 1 N–H and O–H groups in total. The predicted molar refractivity (Wildman–Crippen MR) is 95.5 cm³/mol. The lowest BCUT2D eigenvalue weighted by atomic mass is 10.1. The highest BCUT2D eigenvalue weighted by Gasteiger charge is 2.16. The van der Waals surface area contributed by atoms with Crippen molar-refractivity contribution in [3.63, 3.8) is 0 Å². The molecule has 0 saturated heterocycles. The minimum absolute atomic E-state index is 0.151. The van der Waals surface area contributed by atoms with E-state index in [1.165, 1.54) is 0 Å². The van der Waals surface area contributed by atoms with E-state index in [-0.39, 0.29) is 5.91 Å². The summed E-state index contributed by atoms with van der Waals surface area (Å²) < 4.78 is 11.4. The van der Waals surface area contributed by atoms with Crippen LogP contribution in [0.5, 0.6) is 11.5 Å². The molecule has 4 nitrogen and oxygen atoms in total. The van der Waals surface area contributed by atoms with Crippen LogP contribution < -0.4 is 14.8 Å². The SMILES string of the molecule is CCOc1ccccc1CNC(=O)[C@H](C)Oc1cc(C)ccc1C. The summed E-state index contributed by atoms with van der Waals surface area (Å²) in [5.41, 5.74) is 3.07. The number of hydrogen-bond donors (Lipinski definition) is 1. The summed E-state index contributed by atoms with van der Waals surface area (Å²) >= 11 is 0. The monoisotopic (exact) mass is 327 g/mol. The lowest BCUT2D eigenvalue weighted by molar-refractivity contribution is -0.127. The Morgan fingerprint density at radius 2 is 1.88 bits per heavy atom. The second-order valence-corrected chi connectivity index (χ2v) is 5.79. The molecule has 0 aliphatic rings. The van der Waals surface area contributed by atoms with Crippen molar-refractivity contribution in [3.8, 4) is 11.5 Å². The first kappa shape index (κ1) is 17.9. The Morgan fingerprint density at radius 3 is 2.62 bits per heavy atom. The second-order valence-electron chi connectivity index (χ2n) is 5.79. The zero-order valence-electron chi connectivity index (χ0n) is 14.8. The van der Waals surface area contributed by atoms with Gasteiger partial charge in [0.05, 0.1) is 6.61 Å². The van der Waals surface area contributed by atoms with Crippen molar-refractivity contribution in [1.82, 2.24) is 5.32 Å². The topological polar surface area (TPSA) is 47.6 Å². The summed E-state index contributed by atoms with van der Waals surface area (Å²) in [7, 11) is 0. The van der Waals surface area contributed by atoms with Crippen LogP contribution in [-0.2, 0) is 11.3 Å². The number of amides is 1. The van der Waals surface area contributed by atoms with Gasteiger partial charge in [0.15, 0.2) is 6.10 Å². The highest BCUT2D eigenvalue weighted by Crippen LogP contribution is 2.21. The second kappa shape index (κ2) is 8.39. The Bertz CT molecular complexity index is 697. The van der Waals surface area contributed by atoms with Gasteiger partial charge in [0, 0.05) is 12.1 Å². The van der Waals surface area contributed by atoms with Gasteiger partial charge < -0.3 is 14.8 Å².